The number of benzene rings is 2. The van der Waals surface area contributed by atoms with Crippen LogP contribution in [-0.2, 0) is 0 Å². The highest BCUT2D eigenvalue weighted by Crippen LogP contribution is 2.24. The number of hydrogen-bond acceptors (Lipinski definition) is 3. The molecule has 2 N–H and O–H groups in total. The minimum Gasteiger partial charge on any atom is -0.406 e. The molecule has 0 aromatic heterocycles. The summed E-state index contributed by atoms with van der Waals surface area (Å²) in [5.41, 5.74) is 0.601. The summed E-state index contributed by atoms with van der Waals surface area (Å²) in [4.78, 5) is 12.0. The predicted molar refractivity (Wildman–Crippen MR) is 81.9 cm³/mol. The highest BCUT2D eigenvalue weighted by atomic mass is 35.5. The first-order valence-corrected chi connectivity index (χ1v) is 7.20. The summed E-state index contributed by atoms with van der Waals surface area (Å²) in [5.74, 6) is -0.852. The van der Waals surface area contributed by atoms with E-state index in [4.69, 9.17) is 11.6 Å². The van der Waals surface area contributed by atoms with Crippen molar-refractivity contribution in [3.63, 3.8) is 0 Å². The molecule has 4 nitrogen and oxygen atoms in total. The lowest BCUT2D eigenvalue weighted by Crippen LogP contribution is -2.28. The van der Waals surface area contributed by atoms with E-state index in [-0.39, 0.29) is 17.1 Å². The van der Waals surface area contributed by atoms with E-state index < -0.39 is 24.1 Å². The molecule has 24 heavy (non-hydrogen) atoms. The molecule has 128 valence electrons. The first-order valence-electron chi connectivity index (χ1n) is 6.83. The third-order valence-electron chi connectivity index (χ3n) is 3.07. The van der Waals surface area contributed by atoms with Gasteiger partial charge in [0, 0.05) is 6.54 Å². The van der Waals surface area contributed by atoms with Gasteiger partial charge in [0.1, 0.15) is 5.75 Å². The Hall–Kier alpha value is -2.25. The van der Waals surface area contributed by atoms with Crippen molar-refractivity contribution in [3.8, 4) is 5.75 Å². The Bertz CT molecular complexity index is 704. The summed E-state index contributed by atoms with van der Waals surface area (Å²) in [6.45, 7) is -0.121. The molecule has 2 aromatic carbocycles. The third-order valence-corrected chi connectivity index (χ3v) is 3.40. The summed E-state index contributed by atoms with van der Waals surface area (Å²) in [6, 6.07) is 11.2. The van der Waals surface area contributed by atoms with Crippen molar-refractivity contribution in [2.24, 2.45) is 0 Å². The Kier molecular flexibility index (Phi) is 5.69. The number of aliphatic hydroxyl groups excluding tert-OH is 1. The van der Waals surface area contributed by atoms with Crippen LogP contribution in [0.25, 0.3) is 0 Å². The largest absolute Gasteiger partial charge is 0.573 e. The molecule has 0 aliphatic heterocycles. The van der Waals surface area contributed by atoms with E-state index in [1.165, 1.54) is 18.2 Å². The molecule has 0 aliphatic carbocycles. The van der Waals surface area contributed by atoms with Gasteiger partial charge in [0.2, 0.25) is 0 Å². The summed E-state index contributed by atoms with van der Waals surface area (Å²) < 4.78 is 40.0. The molecule has 1 atom stereocenters. The van der Waals surface area contributed by atoms with Crippen molar-refractivity contribution >= 4 is 17.5 Å². The van der Waals surface area contributed by atoms with E-state index in [0.717, 1.165) is 12.1 Å². The van der Waals surface area contributed by atoms with Gasteiger partial charge >= 0.3 is 6.36 Å². The van der Waals surface area contributed by atoms with Gasteiger partial charge in [0.25, 0.3) is 5.91 Å². The van der Waals surface area contributed by atoms with Crippen molar-refractivity contribution in [2.45, 2.75) is 12.5 Å². The first-order chi connectivity index (χ1) is 11.3. The molecule has 0 saturated carbocycles. The minimum atomic E-state index is -4.77. The Morgan fingerprint density at radius 2 is 1.79 bits per heavy atom. The van der Waals surface area contributed by atoms with Crippen LogP contribution >= 0.6 is 11.6 Å². The van der Waals surface area contributed by atoms with Crippen LogP contribution in [0.15, 0.2) is 48.5 Å². The Morgan fingerprint density at radius 1 is 1.17 bits per heavy atom. The number of aliphatic hydroxyl groups is 1. The molecule has 0 fully saturated rings. The first kappa shape index (κ1) is 18.1. The Morgan fingerprint density at radius 3 is 2.38 bits per heavy atom. The Balaban J connectivity index is 1.94. The average Bonchev–Trinajstić information content (AvgIpc) is 2.52. The molecule has 1 amide bonds. The summed E-state index contributed by atoms with van der Waals surface area (Å²) >= 11 is 5.89. The number of rotatable bonds is 5. The fraction of sp³-hybridized carbons (Fsp3) is 0.188. The van der Waals surface area contributed by atoms with Gasteiger partial charge in [-0.2, -0.15) is 0 Å². The average molecular weight is 360 g/mol. The predicted octanol–water partition coefficient (Wildman–Crippen LogP) is 3.70. The van der Waals surface area contributed by atoms with Crippen LogP contribution in [0.4, 0.5) is 13.2 Å². The zero-order valence-corrected chi connectivity index (χ0v) is 12.9. The van der Waals surface area contributed by atoms with Crippen molar-refractivity contribution in [3.05, 3.63) is 64.7 Å². The normalized spacial score (nSPS) is 12.5. The van der Waals surface area contributed by atoms with E-state index in [1.807, 2.05) is 0 Å². The molecule has 0 spiro atoms. The number of nitrogens with one attached hydrogen (secondary N) is 1. The number of carbonyl (C=O) groups excluding carboxylic acids is 1. The summed E-state index contributed by atoms with van der Waals surface area (Å²) in [5, 5.41) is 12.8. The third kappa shape index (κ3) is 5.14. The zero-order chi connectivity index (χ0) is 17.7. The smallest absolute Gasteiger partial charge is 0.406 e. The van der Waals surface area contributed by atoms with Gasteiger partial charge in [-0.25, -0.2) is 0 Å². The van der Waals surface area contributed by atoms with Crippen LogP contribution in [-0.4, -0.2) is 23.9 Å². The number of amides is 1. The monoisotopic (exact) mass is 359 g/mol. The van der Waals surface area contributed by atoms with Gasteiger partial charge in [-0.1, -0.05) is 35.9 Å². The highest BCUT2D eigenvalue weighted by molar-refractivity contribution is 6.33. The molecular formula is C16H13ClF3NO3. The van der Waals surface area contributed by atoms with E-state index in [2.05, 4.69) is 10.1 Å². The van der Waals surface area contributed by atoms with Crippen LogP contribution in [0.2, 0.25) is 5.02 Å². The second-order valence-electron chi connectivity index (χ2n) is 4.82. The number of carbonyl (C=O) groups is 1. The lowest BCUT2D eigenvalue weighted by molar-refractivity contribution is -0.274. The maximum absolute atomic E-state index is 12.1. The van der Waals surface area contributed by atoms with E-state index >= 15 is 0 Å². The minimum absolute atomic E-state index is 0.121. The van der Waals surface area contributed by atoms with Gasteiger partial charge in [0.05, 0.1) is 16.7 Å². The van der Waals surface area contributed by atoms with E-state index in [1.54, 1.807) is 18.2 Å². The molecular weight excluding hydrogens is 347 g/mol. The zero-order valence-electron chi connectivity index (χ0n) is 12.2. The van der Waals surface area contributed by atoms with Crippen molar-refractivity contribution in [2.75, 3.05) is 6.54 Å². The van der Waals surface area contributed by atoms with Gasteiger partial charge in [-0.3, -0.25) is 4.79 Å². The van der Waals surface area contributed by atoms with E-state index in [9.17, 15) is 23.1 Å². The Labute approximate surface area is 140 Å². The molecule has 2 aromatic rings. The lowest BCUT2D eigenvalue weighted by Gasteiger charge is -2.14. The van der Waals surface area contributed by atoms with Crippen molar-refractivity contribution < 1.29 is 27.8 Å². The molecule has 0 radical (unpaired) electrons. The maximum Gasteiger partial charge on any atom is 0.573 e. The molecule has 0 bridgehead atoms. The lowest BCUT2D eigenvalue weighted by atomic mass is 10.1. The van der Waals surface area contributed by atoms with Gasteiger partial charge in [0.15, 0.2) is 0 Å². The van der Waals surface area contributed by atoms with Crippen molar-refractivity contribution in [1.29, 1.82) is 0 Å². The van der Waals surface area contributed by atoms with E-state index in [0.29, 0.717) is 5.56 Å². The SMILES string of the molecule is O=C(NCC(O)c1ccc(OC(F)(F)F)cc1)c1ccccc1Cl. The quantitative estimate of drug-likeness (QED) is 0.855. The molecule has 0 aliphatic rings. The fourth-order valence-electron chi connectivity index (χ4n) is 1.94. The molecule has 8 heteroatoms. The molecule has 1 unspecified atom stereocenters. The van der Waals surface area contributed by atoms with Gasteiger partial charge in [-0.05, 0) is 29.8 Å². The second-order valence-corrected chi connectivity index (χ2v) is 5.23. The van der Waals surface area contributed by atoms with Crippen LogP contribution < -0.4 is 10.1 Å². The molecule has 0 heterocycles. The molecule has 2 rings (SSSR count). The topological polar surface area (TPSA) is 58.6 Å². The number of halogens is 4. The second kappa shape index (κ2) is 7.55. The fourth-order valence-corrected chi connectivity index (χ4v) is 2.16. The standard InChI is InChI=1S/C16H13ClF3NO3/c17-13-4-2-1-3-12(13)15(23)21-9-14(22)10-5-7-11(8-6-10)24-16(18,19)20/h1-8,14,22H,9H2,(H,21,23). The van der Waals surface area contributed by atoms with Crippen molar-refractivity contribution in [1.82, 2.24) is 5.32 Å². The maximum atomic E-state index is 12.1. The highest BCUT2D eigenvalue weighted by Gasteiger charge is 2.31. The van der Waals surface area contributed by atoms with Crippen LogP contribution in [0, 0.1) is 0 Å². The van der Waals surface area contributed by atoms with Crippen LogP contribution in [0.3, 0.4) is 0 Å². The number of hydrogen-bond donors (Lipinski definition) is 2. The molecule has 0 saturated heterocycles. The van der Waals surface area contributed by atoms with Crippen LogP contribution in [0.5, 0.6) is 5.75 Å². The number of ether oxygens (including phenoxy) is 1. The van der Waals surface area contributed by atoms with Gasteiger partial charge < -0.3 is 15.2 Å². The summed E-state index contributed by atoms with van der Waals surface area (Å²) in [7, 11) is 0. The van der Waals surface area contributed by atoms with Gasteiger partial charge in [-0.15, -0.1) is 13.2 Å². The van der Waals surface area contributed by atoms with Crippen LogP contribution in [0.1, 0.15) is 22.0 Å². The number of alkyl halides is 3. The summed E-state index contributed by atoms with van der Waals surface area (Å²) in [6.07, 6.45) is -5.86.